The van der Waals surface area contributed by atoms with Gasteiger partial charge in [0.1, 0.15) is 22.9 Å². The molecule has 1 aliphatic rings. The van der Waals surface area contributed by atoms with Crippen LogP contribution in [-0.2, 0) is 4.74 Å². The number of methoxy groups -OCH3 is 1. The Balaban J connectivity index is 1.06. The second-order valence-corrected chi connectivity index (χ2v) is 11.9. The molecular weight excluding hydrogens is 587 g/mol. The van der Waals surface area contributed by atoms with Gasteiger partial charge in [-0.1, -0.05) is 6.07 Å². The number of carbonyl (C=O) groups excluding carboxylic acids is 1. The SMILES string of the molecule is COc1cnc2c(-c3nc4c(C)cc5c(c4s3)OCC(COC(=O)Nc3ccc(-c4cccs4)nc3)O5)cc(C)cc2n1. The molecule has 1 aliphatic heterocycles. The number of aromatic nitrogens is 4. The number of hydrogen-bond donors (Lipinski definition) is 1. The Kier molecular flexibility index (Phi) is 6.99. The number of nitrogens with one attached hydrogen (secondary N) is 1. The van der Waals surface area contributed by atoms with E-state index in [2.05, 4.69) is 26.3 Å². The number of thiazole rings is 1. The third-order valence-electron chi connectivity index (χ3n) is 6.88. The Morgan fingerprint density at radius 2 is 2.00 bits per heavy atom. The highest BCUT2D eigenvalue weighted by molar-refractivity contribution is 7.22. The summed E-state index contributed by atoms with van der Waals surface area (Å²) in [4.78, 5) is 32.1. The normalized spacial score (nSPS) is 14.2. The van der Waals surface area contributed by atoms with Gasteiger partial charge in [-0.15, -0.1) is 22.7 Å². The number of fused-ring (bicyclic) bond motifs is 4. The standard InChI is InChI=1S/C31H25N5O5S2/c1-16-9-20(27-22(10-16)35-25(38-3)13-33-27)30-36-26-17(2)11-23-28(29(26)43-30)39-14-19(41-23)15-40-31(37)34-18-6-7-21(32-12-18)24-5-4-8-42-24/h4-13,19H,14-15H2,1-3H3,(H,34,37). The van der Waals surface area contributed by atoms with Gasteiger partial charge in [-0.3, -0.25) is 10.3 Å². The average molecular weight is 612 g/mol. The van der Waals surface area contributed by atoms with Crippen LogP contribution in [0, 0.1) is 13.8 Å². The van der Waals surface area contributed by atoms with Gasteiger partial charge >= 0.3 is 6.09 Å². The number of benzene rings is 2. The molecule has 1 atom stereocenters. The largest absolute Gasteiger partial charge is 0.484 e. The first-order valence-corrected chi connectivity index (χ1v) is 15.1. The molecule has 0 bridgehead atoms. The maximum Gasteiger partial charge on any atom is 0.411 e. The zero-order chi connectivity index (χ0) is 29.5. The van der Waals surface area contributed by atoms with E-state index >= 15 is 0 Å². The van der Waals surface area contributed by atoms with Crippen molar-refractivity contribution in [1.29, 1.82) is 0 Å². The topological polar surface area (TPSA) is 118 Å². The molecule has 0 spiro atoms. The third kappa shape index (κ3) is 5.30. The van der Waals surface area contributed by atoms with Crippen molar-refractivity contribution >= 4 is 55.7 Å². The molecule has 1 amide bonds. The molecule has 1 N–H and O–H groups in total. The van der Waals surface area contributed by atoms with Crippen LogP contribution in [0.1, 0.15) is 11.1 Å². The molecule has 0 saturated carbocycles. The van der Waals surface area contributed by atoms with E-state index in [1.54, 1.807) is 36.9 Å². The summed E-state index contributed by atoms with van der Waals surface area (Å²) in [7, 11) is 1.57. The highest BCUT2D eigenvalue weighted by atomic mass is 32.1. The molecular formula is C31H25N5O5S2. The van der Waals surface area contributed by atoms with Crippen molar-refractivity contribution in [2.75, 3.05) is 25.6 Å². The highest BCUT2D eigenvalue weighted by Crippen LogP contribution is 2.46. The van der Waals surface area contributed by atoms with Crippen LogP contribution >= 0.6 is 22.7 Å². The van der Waals surface area contributed by atoms with Gasteiger partial charge in [0.2, 0.25) is 5.88 Å². The lowest BCUT2D eigenvalue weighted by molar-refractivity contribution is 0.0383. The number of rotatable bonds is 6. The van der Waals surface area contributed by atoms with Crippen LogP contribution in [0.2, 0.25) is 0 Å². The molecule has 1 unspecified atom stereocenters. The van der Waals surface area contributed by atoms with E-state index in [-0.39, 0.29) is 13.2 Å². The summed E-state index contributed by atoms with van der Waals surface area (Å²) in [6, 6.07) is 13.6. The first kappa shape index (κ1) is 27.0. The molecule has 7 rings (SSSR count). The number of ether oxygens (including phenoxy) is 4. The molecule has 6 aromatic rings. The monoisotopic (exact) mass is 611 g/mol. The Hall–Kier alpha value is -4.81. The lowest BCUT2D eigenvalue weighted by atomic mass is 10.1. The fourth-order valence-corrected chi connectivity index (χ4v) is 6.72. The van der Waals surface area contributed by atoms with E-state index in [0.717, 1.165) is 53.5 Å². The summed E-state index contributed by atoms with van der Waals surface area (Å²) in [6.45, 7) is 4.25. The average Bonchev–Trinajstić information content (AvgIpc) is 3.71. The van der Waals surface area contributed by atoms with Crippen LogP contribution in [0.3, 0.4) is 0 Å². The molecule has 12 heteroatoms. The van der Waals surface area contributed by atoms with Crippen LogP contribution in [0.5, 0.6) is 17.4 Å². The van der Waals surface area contributed by atoms with E-state index in [4.69, 9.17) is 23.9 Å². The van der Waals surface area contributed by atoms with Gasteiger partial charge < -0.3 is 18.9 Å². The number of anilines is 1. The van der Waals surface area contributed by atoms with Crippen molar-refractivity contribution < 1.29 is 23.7 Å². The van der Waals surface area contributed by atoms with E-state index < -0.39 is 12.2 Å². The molecule has 4 aromatic heterocycles. The Labute approximate surface area is 254 Å². The minimum atomic E-state index is -0.593. The summed E-state index contributed by atoms with van der Waals surface area (Å²) < 4.78 is 24.0. The van der Waals surface area contributed by atoms with Crippen LogP contribution < -0.4 is 19.5 Å². The van der Waals surface area contributed by atoms with Crippen molar-refractivity contribution in [1.82, 2.24) is 19.9 Å². The van der Waals surface area contributed by atoms with Crippen LogP contribution in [-0.4, -0.2) is 52.5 Å². The first-order valence-electron chi connectivity index (χ1n) is 13.4. The fraction of sp³-hybridized carbons (Fsp3) is 0.194. The number of nitrogens with zero attached hydrogens (tertiary/aromatic N) is 4. The van der Waals surface area contributed by atoms with Gasteiger partial charge in [0.15, 0.2) is 17.6 Å². The van der Waals surface area contributed by atoms with Crippen molar-refractivity contribution in [3.8, 4) is 38.5 Å². The Morgan fingerprint density at radius 1 is 1.09 bits per heavy atom. The number of aryl methyl sites for hydroxylation is 2. The zero-order valence-corrected chi connectivity index (χ0v) is 25.0. The summed E-state index contributed by atoms with van der Waals surface area (Å²) in [5.74, 6) is 1.68. The van der Waals surface area contributed by atoms with Gasteiger partial charge in [0, 0.05) is 5.56 Å². The number of thiophene rings is 1. The molecule has 216 valence electrons. The van der Waals surface area contributed by atoms with Crippen LogP contribution in [0.15, 0.2) is 60.2 Å². The zero-order valence-electron chi connectivity index (χ0n) is 23.4. The number of amides is 1. The molecule has 10 nitrogen and oxygen atoms in total. The number of pyridine rings is 1. The van der Waals surface area contributed by atoms with E-state index in [1.807, 2.05) is 49.6 Å². The smallest absolute Gasteiger partial charge is 0.411 e. The summed E-state index contributed by atoms with van der Waals surface area (Å²) in [5.41, 5.74) is 6.60. The van der Waals surface area contributed by atoms with Gasteiger partial charge in [-0.05, 0) is 66.8 Å². The van der Waals surface area contributed by atoms with Crippen molar-refractivity contribution in [3.63, 3.8) is 0 Å². The summed E-state index contributed by atoms with van der Waals surface area (Å²) in [6.07, 6.45) is 2.16. The van der Waals surface area contributed by atoms with Crippen LogP contribution in [0.25, 0.3) is 42.4 Å². The van der Waals surface area contributed by atoms with E-state index in [1.165, 1.54) is 11.3 Å². The molecule has 0 fully saturated rings. The van der Waals surface area contributed by atoms with Gasteiger partial charge in [0.25, 0.3) is 0 Å². The summed E-state index contributed by atoms with van der Waals surface area (Å²) >= 11 is 3.12. The van der Waals surface area contributed by atoms with E-state index in [0.29, 0.717) is 23.1 Å². The number of carbonyl (C=O) groups is 1. The molecule has 2 aromatic carbocycles. The van der Waals surface area contributed by atoms with Gasteiger partial charge in [-0.2, -0.15) is 0 Å². The molecule has 0 radical (unpaired) electrons. The lowest BCUT2D eigenvalue weighted by Crippen LogP contribution is -2.35. The predicted octanol–water partition coefficient (Wildman–Crippen LogP) is 7.04. The Bertz CT molecular complexity index is 1980. The van der Waals surface area contributed by atoms with E-state index in [9.17, 15) is 4.79 Å². The van der Waals surface area contributed by atoms with Crippen molar-refractivity contribution in [2.24, 2.45) is 0 Å². The van der Waals surface area contributed by atoms with Crippen LogP contribution in [0.4, 0.5) is 10.5 Å². The molecule has 5 heterocycles. The second kappa shape index (κ2) is 11.1. The lowest BCUT2D eigenvalue weighted by Gasteiger charge is -2.26. The number of hydrogen-bond acceptors (Lipinski definition) is 11. The highest BCUT2D eigenvalue weighted by Gasteiger charge is 2.27. The first-order chi connectivity index (χ1) is 20.9. The minimum absolute atomic E-state index is 0.0222. The van der Waals surface area contributed by atoms with Gasteiger partial charge in [0.05, 0.1) is 52.3 Å². The van der Waals surface area contributed by atoms with Crippen molar-refractivity contribution in [3.05, 3.63) is 71.4 Å². The maximum absolute atomic E-state index is 12.5. The summed E-state index contributed by atoms with van der Waals surface area (Å²) in [5, 5.41) is 5.51. The fourth-order valence-electron chi connectivity index (χ4n) is 4.86. The quantitative estimate of drug-likeness (QED) is 0.211. The molecule has 43 heavy (non-hydrogen) atoms. The Morgan fingerprint density at radius 3 is 2.79 bits per heavy atom. The van der Waals surface area contributed by atoms with Crippen molar-refractivity contribution in [2.45, 2.75) is 20.0 Å². The third-order valence-corrected chi connectivity index (χ3v) is 8.86. The second-order valence-electron chi connectivity index (χ2n) is 9.99. The minimum Gasteiger partial charge on any atom is -0.484 e. The molecule has 0 aliphatic carbocycles. The molecule has 0 saturated heterocycles. The predicted molar refractivity (Wildman–Crippen MR) is 167 cm³/mol. The maximum atomic E-state index is 12.5. The van der Waals surface area contributed by atoms with Gasteiger partial charge in [-0.25, -0.2) is 19.7 Å².